The summed E-state index contributed by atoms with van der Waals surface area (Å²) in [6.45, 7) is 5.77. The molecule has 1 amide bonds. The van der Waals surface area contributed by atoms with Gasteiger partial charge in [-0.1, -0.05) is 42.5 Å². The van der Waals surface area contributed by atoms with E-state index in [1.807, 2.05) is 42.5 Å². The molecule has 0 unspecified atom stereocenters. The Morgan fingerprint density at radius 3 is 2.50 bits per heavy atom. The van der Waals surface area contributed by atoms with Gasteiger partial charge in [-0.25, -0.2) is 4.98 Å². The van der Waals surface area contributed by atoms with E-state index in [2.05, 4.69) is 10.3 Å². The zero-order valence-electron chi connectivity index (χ0n) is 19.6. The molecule has 0 aliphatic carbocycles. The van der Waals surface area contributed by atoms with E-state index < -0.39 is 15.3 Å². The molecule has 4 aromatic rings. The van der Waals surface area contributed by atoms with Crippen molar-refractivity contribution in [3.05, 3.63) is 84.2 Å². The van der Waals surface area contributed by atoms with Crippen LogP contribution in [-0.2, 0) is 6.54 Å². The number of benzene rings is 2. The van der Waals surface area contributed by atoms with Gasteiger partial charge in [0.15, 0.2) is 0 Å². The molecule has 0 fully saturated rings. The first kappa shape index (κ1) is 23.8. The zero-order chi connectivity index (χ0) is 24.5. The summed E-state index contributed by atoms with van der Waals surface area (Å²) in [6, 6.07) is 18.7. The second kappa shape index (κ2) is 9.13. The molecule has 0 spiro atoms. The number of fused-ring (bicyclic) bond motifs is 1. The number of ether oxygens (including phenoxy) is 1. The Labute approximate surface area is 200 Å². The highest BCUT2D eigenvalue weighted by atomic mass is 32.3. The molecule has 0 aliphatic rings. The minimum atomic E-state index is -3.18. The van der Waals surface area contributed by atoms with Crippen molar-refractivity contribution in [2.24, 2.45) is 0 Å². The topological polar surface area (TPSA) is 96.1 Å². The Balaban J connectivity index is 1.70. The first-order valence-corrected chi connectivity index (χ1v) is 12.4. The van der Waals surface area contributed by atoms with E-state index in [4.69, 9.17) is 4.74 Å². The second-order valence-corrected chi connectivity index (χ2v) is 11.8. The maximum absolute atomic E-state index is 12.8. The zero-order valence-corrected chi connectivity index (χ0v) is 20.5. The van der Waals surface area contributed by atoms with Gasteiger partial charge in [-0.15, -0.1) is 0 Å². The summed E-state index contributed by atoms with van der Waals surface area (Å²) < 4.78 is 28.5. The number of hydrogen-bond donors (Lipinski definition) is 3. The van der Waals surface area contributed by atoms with Crippen LogP contribution in [-0.4, -0.2) is 36.3 Å². The van der Waals surface area contributed by atoms with Crippen LogP contribution in [0, 0.1) is 0 Å². The van der Waals surface area contributed by atoms with Crippen LogP contribution in [0.2, 0.25) is 0 Å². The number of carbonyl (C=O) groups excluding carboxylic acids is 1. The first-order valence-electron chi connectivity index (χ1n) is 10.9. The number of nitrogens with zero attached hydrogens (tertiary/aromatic N) is 2. The molecule has 3 N–H and O–H groups in total. The van der Waals surface area contributed by atoms with Crippen molar-refractivity contribution < 1.29 is 18.6 Å². The fourth-order valence-electron chi connectivity index (χ4n) is 3.60. The molecule has 34 heavy (non-hydrogen) atoms. The summed E-state index contributed by atoms with van der Waals surface area (Å²) in [7, 11) is -1.69. The maximum atomic E-state index is 12.8. The van der Waals surface area contributed by atoms with E-state index in [1.54, 1.807) is 55.8 Å². The molecular weight excluding hydrogens is 450 g/mol. The minimum Gasteiger partial charge on any atom is -0.495 e. The number of rotatable bonds is 6. The molecule has 0 aliphatic heterocycles. The molecule has 2 aromatic heterocycles. The lowest BCUT2D eigenvalue weighted by Gasteiger charge is -2.44. The van der Waals surface area contributed by atoms with Crippen LogP contribution in [0.15, 0.2) is 78.0 Å². The van der Waals surface area contributed by atoms with E-state index in [9.17, 15) is 13.9 Å². The summed E-state index contributed by atoms with van der Waals surface area (Å²) in [6.07, 6.45) is 3.36. The van der Waals surface area contributed by atoms with Gasteiger partial charge in [0.2, 0.25) is 0 Å². The highest BCUT2D eigenvalue weighted by Gasteiger charge is 2.34. The Bertz CT molecular complexity index is 1330. The third-order valence-corrected chi connectivity index (χ3v) is 8.30. The maximum Gasteiger partial charge on any atom is 0.251 e. The molecule has 0 radical (unpaired) electrons. The highest BCUT2D eigenvalue weighted by Crippen LogP contribution is 2.61. The summed E-state index contributed by atoms with van der Waals surface area (Å²) >= 11 is 0. The monoisotopic (exact) mass is 479 g/mol. The lowest BCUT2D eigenvalue weighted by molar-refractivity contribution is 0.0951. The number of amides is 1. The van der Waals surface area contributed by atoms with Crippen LogP contribution in [0.4, 0.5) is 0 Å². The van der Waals surface area contributed by atoms with Gasteiger partial charge in [-0.05, 0) is 38.5 Å². The van der Waals surface area contributed by atoms with Gasteiger partial charge in [0.25, 0.3) is 5.91 Å². The molecule has 2 aromatic carbocycles. The average Bonchev–Trinajstić information content (AvgIpc) is 3.24. The molecule has 8 heteroatoms. The van der Waals surface area contributed by atoms with Gasteiger partial charge < -0.3 is 10.1 Å². The Morgan fingerprint density at radius 2 is 1.82 bits per heavy atom. The number of imidazole rings is 1. The van der Waals surface area contributed by atoms with E-state index >= 15 is 0 Å². The summed E-state index contributed by atoms with van der Waals surface area (Å²) in [5.41, 5.74) is 3.65. The highest BCUT2D eigenvalue weighted by molar-refractivity contribution is 8.25. The number of carbonyl (C=O) groups is 1. The van der Waals surface area contributed by atoms with Gasteiger partial charge in [0, 0.05) is 29.9 Å². The van der Waals surface area contributed by atoms with Crippen molar-refractivity contribution in [3.8, 4) is 17.0 Å². The third kappa shape index (κ3) is 4.52. The molecule has 178 valence electrons. The smallest absolute Gasteiger partial charge is 0.251 e. The number of methoxy groups -OCH3 is 1. The van der Waals surface area contributed by atoms with Gasteiger partial charge in [0.1, 0.15) is 16.3 Å². The fourth-order valence-corrected chi connectivity index (χ4v) is 4.94. The third-order valence-electron chi connectivity index (χ3n) is 5.67. The molecule has 7 nitrogen and oxygen atoms in total. The minimum absolute atomic E-state index is 0.177. The van der Waals surface area contributed by atoms with Gasteiger partial charge in [-0.3, -0.25) is 18.3 Å². The Hall–Kier alpha value is -3.33. The molecule has 0 saturated heterocycles. The van der Waals surface area contributed by atoms with Crippen molar-refractivity contribution in [1.82, 2.24) is 14.7 Å². The molecule has 4 rings (SSSR count). The molecule has 0 atom stereocenters. The average molecular weight is 480 g/mol. The number of aromatic nitrogens is 2. The quantitative estimate of drug-likeness (QED) is 0.322. The van der Waals surface area contributed by atoms with Gasteiger partial charge in [0.05, 0.1) is 23.7 Å². The van der Waals surface area contributed by atoms with Crippen LogP contribution in [0.5, 0.6) is 5.75 Å². The number of nitrogens with one attached hydrogen (secondary N) is 1. The molecule has 0 saturated carbocycles. The number of pyridine rings is 1. The molecule has 0 bridgehead atoms. The lowest BCUT2D eigenvalue weighted by Crippen LogP contribution is -2.25. The number of hydrogen-bond acceptors (Lipinski definition) is 5. The van der Waals surface area contributed by atoms with Gasteiger partial charge in [-0.2, -0.15) is 10.6 Å². The predicted octanol–water partition coefficient (Wildman–Crippen LogP) is 5.85. The lowest BCUT2D eigenvalue weighted by atomic mass is 10.1. The Kier molecular flexibility index (Phi) is 6.40. The van der Waals surface area contributed by atoms with Crippen LogP contribution >= 0.6 is 10.6 Å². The molecular formula is C26H29N3O4S. The van der Waals surface area contributed by atoms with Crippen LogP contribution in [0.25, 0.3) is 16.9 Å². The van der Waals surface area contributed by atoms with Crippen LogP contribution in [0.3, 0.4) is 0 Å². The molecule has 2 heterocycles. The SMILES string of the molecule is COc1cc2ncc(-c3cccc(C(=O)NCc4ccccc4)c3)n2cc1S(O)(O)C(C)(C)C. The van der Waals surface area contributed by atoms with Crippen molar-refractivity contribution in [2.75, 3.05) is 7.11 Å². The van der Waals surface area contributed by atoms with Crippen molar-refractivity contribution >= 4 is 22.1 Å². The van der Waals surface area contributed by atoms with Crippen LogP contribution < -0.4 is 10.1 Å². The summed E-state index contributed by atoms with van der Waals surface area (Å²) in [5.74, 6) is 0.192. The predicted molar refractivity (Wildman–Crippen MR) is 136 cm³/mol. The van der Waals surface area contributed by atoms with Crippen molar-refractivity contribution in [2.45, 2.75) is 37.0 Å². The van der Waals surface area contributed by atoms with Crippen LogP contribution in [0.1, 0.15) is 36.7 Å². The largest absolute Gasteiger partial charge is 0.495 e. The van der Waals surface area contributed by atoms with E-state index in [-0.39, 0.29) is 5.91 Å². The fraction of sp³-hybridized carbons (Fsp3) is 0.231. The second-order valence-electron chi connectivity index (χ2n) is 8.99. The van der Waals surface area contributed by atoms with E-state index in [1.165, 1.54) is 7.11 Å². The normalized spacial score (nSPS) is 12.5. The van der Waals surface area contributed by atoms with Crippen molar-refractivity contribution in [1.29, 1.82) is 0 Å². The van der Waals surface area contributed by atoms with Gasteiger partial charge >= 0.3 is 0 Å². The van der Waals surface area contributed by atoms with E-state index in [0.29, 0.717) is 28.4 Å². The summed E-state index contributed by atoms with van der Waals surface area (Å²) in [4.78, 5) is 17.5. The summed E-state index contributed by atoms with van der Waals surface area (Å²) in [5, 5.41) is 2.94. The van der Waals surface area contributed by atoms with Crippen molar-refractivity contribution in [3.63, 3.8) is 0 Å². The first-order chi connectivity index (χ1) is 16.1. The van der Waals surface area contributed by atoms with E-state index in [0.717, 1.165) is 16.8 Å². The standard InChI is InChI=1S/C26H29N3O4S/c1-26(2,3)34(31,32)23-17-29-21(16-27-24(29)14-22(23)33-4)19-11-8-12-20(13-19)25(30)28-15-18-9-6-5-7-10-18/h5-14,16-17,31-32H,15H2,1-4H3,(H,28,30). The Morgan fingerprint density at radius 1 is 1.09 bits per heavy atom.